The summed E-state index contributed by atoms with van der Waals surface area (Å²) >= 11 is 24.3. The zero-order chi connectivity index (χ0) is 78.0. The number of carbonyl (C=O) groups is 6. The highest BCUT2D eigenvalue weighted by atomic mass is 35.5. The van der Waals surface area contributed by atoms with Gasteiger partial charge in [-0.05, 0) is 112 Å². The molecule has 32 heteroatoms. The summed E-state index contributed by atoms with van der Waals surface area (Å²) in [5, 5.41) is 54.6. The van der Waals surface area contributed by atoms with Crippen LogP contribution in [0.25, 0.3) is 9.69 Å². The highest BCUT2D eigenvalue weighted by Gasteiger charge is 2.19. The molecule has 0 aliphatic carbocycles. The molecule has 0 aliphatic rings. The molecule has 2 N–H and O–H groups in total. The minimum atomic E-state index is -0.476. The molecule has 0 saturated carbocycles. The number of azo groups is 2. The van der Waals surface area contributed by atoms with Crippen LogP contribution >= 0.6 is 69.1 Å². The molecule has 0 radical (unpaired) electrons. The molecule has 0 fully saturated rings. The normalized spacial score (nSPS) is 10.3. The van der Waals surface area contributed by atoms with Crippen LogP contribution in [-0.4, -0.2) is 175 Å². The summed E-state index contributed by atoms with van der Waals surface area (Å²) in [5.74, 6) is -1.48. The molecule has 0 spiro atoms. The van der Waals surface area contributed by atoms with Gasteiger partial charge in [-0.15, -0.1) is 89.5 Å². The third kappa shape index (κ3) is 34.3. The van der Waals surface area contributed by atoms with Crippen LogP contribution in [0.15, 0.2) is 154 Å². The fourth-order valence-corrected chi connectivity index (χ4v) is 11.0. The number of hydrogen-bond acceptors (Lipinski definition) is 26. The van der Waals surface area contributed by atoms with Gasteiger partial charge in [0.25, 0.3) is 0 Å². The number of aliphatic hydroxyl groups excluding tert-OH is 2. The second kappa shape index (κ2) is 52.9. The maximum absolute atomic E-state index is 11.7. The van der Waals surface area contributed by atoms with Crippen molar-refractivity contribution in [3.8, 4) is 12.1 Å². The van der Waals surface area contributed by atoms with Crippen molar-refractivity contribution in [2.24, 2.45) is 20.5 Å². The summed E-state index contributed by atoms with van der Waals surface area (Å²) in [4.78, 5) is 83.8. The zero-order valence-electron chi connectivity index (χ0n) is 59.3. The number of carbonyl (C=O) groups excluding carboxylic acids is 6. The van der Waals surface area contributed by atoms with Gasteiger partial charge in [-0.2, -0.15) is 10.5 Å². The lowest BCUT2D eigenvalue weighted by atomic mass is 10.2. The predicted octanol–water partition coefficient (Wildman–Crippen LogP) is 15.3. The monoisotopic (exact) mass is 1570 g/mol. The molecule has 564 valence electrons. The number of nitrogens with zero attached hydrogens (tertiary/aromatic N) is 12. The van der Waals surface area contributed by atoms with E-state index in [4.69, 9.17) is 98.2 Å². The Morgan fingerprint density at radius 1 is 0.443 bits per heavy atom. The van der Waals surface area contributed by atoms with Crippen molar-refractivity contribution in [2.75, 3.05) is 148 Å². The van der Waals surface area contributed by atoms with Gasteiger partial charge in [0.15, 0.2) is 0 Å². The smallest absolute Gasteiger partial charge is 0.333 e. The summed E-state index contributed by atoms with van der Waals surface area (Å²) in [5.41, 5.74) is 7.22. The number of para-hydroxylation sites is 2. The molecule has 26 nitrogen and oxygen atoms in total. The first-order valence-corrected chi connectivity index (χ1v) is 36.6. The Hall–Kier alpha value is -9.98. The average molecular weight is 1570 g/mol. The van der Waals surface area contributed by atoms with E-state index in [2.05, 4.69) is 55.4 Å². The van der Waals surface area contributed by atoms with Gasteiger partial charge in [0.05, 0.1) is 114 Å². The van der Waals surface area contributed by atoms with Gasteiger partial charge >= 0.3 is 35.8 Å². The van der Waals surface area contributed by atoms with E-state index >= 15 is 0 Å². The lowest BCUT2D eigenvalue weighted by molar-refractivity contribution is -0.144. The number of hydrogen-bond donors (Lipinski definition) is 2. The van der Waals surface area contributed by atoms with Gasteiger partial charge in [0.2, 0.25) is 10.0 Å². The number of rotatable bonds is 40. The highest BCUT2D eigenvalue weighted by Crippen LogP contribution is 2.42. The third-order valence-electron chi connectivity index (χ3n) is 14.1. The van der Waals surface area contributed by atoms with Gasteiger partial charge < -0.3 is 58.2 Å². The molecule has 0 bridgehead atoms. The van der Waals surface area contributed by atoms with Crippen LogP contribution < -0.4 is 19.6 Å². The molecule has 2 heterocycles. The van der Waals surface area contributed by atoms with Crippen molar-refractivity contribution in [1.82, 2.24) is 0 Å². The Kier molecular flexibility index (Phi) is 45.0. The number of alkyl halides is 4. The molecule has 0 atom stereocenters. The molecule has 6 aromatic rings. The fourth-order valence-electron chi connectivity index (χ4n) is 8.68. The highest BCUT2D eigenvalue weighted by molar-refractivity contribution is 7.20. The molecule has 106 heavy (non-hydrogen) atoms. The lowest BCUT2D eigenvalue weighted by Gasteiger charge is -2.24. The maximum atomic E-state index is 11.7. The third-order valence-corrected chi connectivity index (χ3v) is 17.0. The van der Waals surface area contributed by atoms with Crippen LogP contribution in [0.2, 0.25) is 0 Å². The van der Waals surface area contributed by atoms with Gasteiger partial charge in [-0.1, -0.05) is 49.6 Å². The van der Waals surface area contributed by atoms with Crippen LogP contribution in [0.4, 0.5) is 54.1 Å². The summed E-state index contributed by atoms with van der Waals surface area (Å²) in [6, 6.07) is 37.8. The summed E-state index contributed by atoms with van der Waals surface area (Å²) < 4.78 is 31.0. The Balaban J connectivity index is 0.000000386. The predicted molar refractivity (Wildman–Crippen MR) is 414 cm³/mol. The summed E-state index contributed by atoms with van der Waals surface area (Å²) in [6.45, 7) is 33.0. The number of ether oxygens (including phenoxy) is 6. The van der Waals surface area contributed by atoms with E-state index in [1.165, 1.54) is 0 Å². The molecule has 0 unspecified atom stereocenters. The Morgan fingerprint density at radius 2 is 0.708 bits per heavy atom. The number of halogens is 4. The van der Waals surface area contributed by atoms with Crippen molar-refractivity contribution in [1.29, 1.82) is 10.5 Å². The van der Waals surface area contributed by atoms with Crippen molar-refractivity contribution >= 4 is 159 Å². The van der Waals surface area contributed by atoms with Crippen LogP contribution in [0, 0.1) is 49.7 Å². The van der Waals surface area contributed by atoms with Crippen LogP contribution in [-0.2, 0) is 57.2 Å². The minimum Gasteiger partial charge on any atom is -0.464 e. The van der Waals surface area contributed by atoms with Crippen LogP contribution in [0.1, 0.15) is 61.8 Å². The van der Waals surface area contributed by atoms with E-state index < -0.39 is 11.9 Å². The van der Waals surface area contributed by atoms with Crippen molar-refractivity contribution in [2.45, 2.75) is 53.4 Å². The number of aliphatic hydroxyl groups is 2. The Morgan fingerprint density at radius 3 is 0.953 bits per heavy atom. The quantitative estimate of drug-likeness (QED) is 0.00901. The first kappa shape index (κ1) is 90.2. The van der Waals surface area contributed by atoms with E-state index in [-0.39, 0.29) is 126 Å². The van der Waals surface area contributed by atoms with E-state index in [1.54, 1.807) is 52.0 Å². The van der Waals surface area contributed by atoms with E-state index in [1.807, 2.05) is 105 Å². The second-order valence-corrected chi connectivity index (χ2v) is 25.3. The minimum absolute atomic E-state index is 0.106. The Labute approximate surface area is 645 Å². The SMILES string of the molecule is O=C(CCCl)OCCN(CCOC(=O)CCCl)c1ccccc1.OCCN(CCO)c1ccccc1.[C-]#[N+]c1sc(N=Nc2ccc(N(CCOC(=O)C(=C)C)CCOC(=O)C(=C)C)cc2)c(C#N)c1C.[C-]#[N+]c1sc(N=Nc2ccc(N(CCOC(=O)CCCl)CCOC(=O)CCCl)cc2)c(C#N)c1C. The average Bonchev–Trinajstić information content (AvgIpc) is 1.70. The van der Waals surface area contributed by atoms with Gasteiger partial charge in [0.1, 0.15) is 61.8 Å². The van der Waals surface area contributed by atoms with E-state index in [0.717, 1.165) is 45.4 Å². The molecule has 4 aromatic carbocycles. The summed E-state index contributed by atoms with van der Waals surface area (Å²) in [7, 11) is 0. The zero-order valence-corrected chi connectivity index (χ0v) is 63.9. The van der Waals surface area contributed by atoms with Crippen molar-refractivity contribution < 1.29 is 67.4 Å². The van der Waals surface area contributed by atoms with E-state index in [9.17, 15) is 39.3 Å². The van der Waals surface area contributed by atoms with Crippen molar-refractivity contribution in [3.05, 3.63) is 179 Å². The topological polar surface area (TPSA) is 317 Å². The molecular formula is C74H84Cl4N12O14S2. The molecule has 0 saturated heterocycles. The molecule has 2 aromatic heterocycles. The largest absolute Gasteiger partial charge is 0.464 e. The van der Waals surface area contributed by atoms with Gasteiger partial charge in [-0.3, -0.25) is 19.2 Å². The number of esters is 6. The first-order valence-electron chi connectivity index (χ1n) is 32.8. The fraction of sp³-hybridized carbons (Fsp3) is 0.378. The number of benzene rings is 4. The molecular weight excluding hydrogens is 1490 g/mol. The standard InChI is InChI=1S/C25H25N5O4S.C23H23Cl2N5O4S.C16H21Cl2NO4.C10H15NO2/c1-16(2)24(31)33-13-11-30(12-14-34-25(32)17(3)4)20-9-7-19(8-10-20)28-29-23-21(15-26)18(5)22(27-6)35-23;1-16-19(15-26)23(35-22(16)27-2)29-28-17-3-5-18(6-4-17)30(11-13-33-20(31)7-9-24)12-14-34-21(32)8-10-25;17-8-6-15(20)22-12-10-19(14-4-2-1-3-5-14)11-13-23-16(21)7-9-18;12-8-6-11(7-9-13)10-4-2-1-3-5-10/h7-10H,1,3,11-14H2,2,4-5H3;3-6H,7-14H2,1H3;1-5H,6-13H2;1-5,12-13H,6-9H2. The summed E-state index contributed by atoms with van der Waals surface area (Å²) in [6.07, 6.45) is 0.657. The van der Waals surface area contributed by atoms with Crippen molar-refractivity contribution in [3.63, 3.8) is 0 Å². The molecule has 6 rings (SSSR count). The van der Waals surface area contributed by atoms with Gasteiger partial charge in [-0.25, -0.2) is 19.3 Å². The lowest BCUT2D eigenvalue weighted by Crippen LogP contribution is -2.32. The van der Waals surface area contributed by atoms with Crippen LogP contribution in [0.5, 0.6) is 0 Å². The van der Waals surface area contributed by atoms with Crippen LogP contribution in [0.3, 0.4) is 0 Å². The first-order chi connectivity index (χ1) is 51.1. The number of thiophene rings is 2. The maximum Gasteiger partial charge on any atom is 0.333 e. The Bertz CT molecular complexity index is 3910. The number of anilines is 4. The van der Waals surface area contributed by atoms with Gasteiger partial charge in [0, 0.05) is 70.5 Å². The number of nitriles is 2. The second-order valence-electron chi connectivity index (χ2n) is 21.8. The molecule has 0 aliphatic heterocycles. The van der Waals surface area contributed by atoms with E-state index in [0.29, 0.717) is 117 Å². The molecule has 0 amide bonds.